The maximum Gasteiger partial charge on any atom is 0.390 e. The van der Waals surface area contributed by atoms with Crippen LogP contribution in [-0.2, 0) is 6.42 Å². The van der Waals surface area contributed by atoms with E-state index in [9.17, 15) is 17.6 Å². The van der Waals surface area contributed by atoms with Gasteiger partial charge in [-0.25, -0.2) is 4.39 Å². The van der Waals surface area contributed by atoms with Crippen molar-refractivity contribution in [1.29, 1.82) is 0 Å². The van der Waals surface area contributed by atoms with Crippen molar-refractivity contribution >= 4 is 15.9 Å². The second-order valence-corrected chi connectivity index (χ2v) is 4.87. The van der Waals surface area contributed by atoms with Crippen LogP contribution in [0.4, 0.5) is 17.6 Å². The summed E-state index contributed by atoms with van der Waals surface area (Å²) in [4.78, 5) is 0. The normalized spacial score (nSPS) is 13.7. The lowest BCUT2D eigenvalue weighted by molar-refractivity contribution is -0.139. The van der Waals surface area contributed by atoms with Gasteiger partial charge in [-0.3, -0.25) is 0 Å². The van der Waals surface area contributed by atoms with Crippen LogP contribution in [0.15, 0.2) is 22.7 Å². The van der Waals surface area contributed by atoms with Crippen LogP contribution in [0.25, 0.3) is 0 Å². The average Bonchev–Trinajstić information content (AvgIpc) is 2.20. The zero-order chi connectivity index (χ0) is 13.8. The first-order valence-corrected chi connectivity index (χ1v) is 6.35. The van der Waals surface area contributed by atoms with Crippen molar-refractivity contribution in [2.75, 3.05) is 6.54 Å². The molecule has 0 aliphatic carbocycles. The summed E-state index contributed by atoms with van der Waals surface area (Å²) >= 11 is 3.16. The topological polar surface area (TPSA) is 12.0 Å². The molecular weight excluding hydrogens is 314 g/mol. The molecule has 6 heteroatoms. The molecule has 0 aliphatic heterocycles. The molecule has 1 N–H and O–H groups in total. The summed E-state index contributed by atoms with van der Waals surface area (Å²) in [5.41, 5.74) is 0.659. The number of nitrogens with one attached hydrogen (secondary N) is 1. The van der Waals surface area contributed by atoms with Gasteiger partial charge in [0.2, 0.25) is 0 Å². The molecule has 0 radical (unpaired) electrons. The molecule has 0 bridgehead atoms. The van der Waals surface area contributed by atoms with Crippen molar-refractivity contribution in [2.45, 2.75) is 32.0 Å². The predicted molar refractivity (Wildman–Crippen MR) is 65.9 cm³/mol. The van der Waals surface area contributed by atoms with E-state index in [1.807, 2.05) is 0 Å². The zero-order valence-electron chi connectivity index (χ0n) is 9.82. The van der Waals surface area contributed by atoms with Crippen LogP contribution >= 0.6 is 15.9 Å². The number of benzene rings is 1. The van der Waals surface area contributed by atoms with Crippen LogP contribution in [0, 0.1) is 5.82 Å². The highest BCUT2D eigenvalue weighted by molar-refractivity contribution is 9.10. The highest BCUT2D eigenvalue weighted by Gasteiger charge is 2.31. The average molecular weight is 328 g/mol. The lowest BCUT2D eigenvalue weighted by atomic mass is 10.0. The summed E-state index contributed by atoms with van der Waals surface area (Å²) in [5, 5.41) is 2.79. The second kappa shape index (κ2) is 6.52. The minimum absolute atomic E-state index is 0.203. The highest BCUT2D eigenvalue weighted by Crippen LogP contribution is 2.25. The standard InChI is InChI=1S/C12H14BrF4N/c1-2-18-10(7-12(15,16)17)5-8-3-4-9(14)6-11(8)13/h3-4,6,10,18H,2,5,7H2,1H3. The molecule has 0 heterocycles. The van der Waals surface area contributed by atoms with Gasteiger partial charge in [-0.05, 0) is 30.7 Å². The van der Waals surface area contributed by atoms with E-state index in [0.29, 0.717) is 16.6 Å². The first-order chi connectivity index (χ1) is 8.31. The van der Waals surface area contributed by atoms with Gasteiger partial charge >= 0.3 is 6.18 Å². The van der Waals surface area contributed by atoms with Crippen molar-refractivity contribution in [3.05, 3.63) is 34.1 Å². The van der Waals surface area contributed by atoms with E-state index in [-0.39, 0.29) is 6.42 Å². The van der Waals surface area contributed by atoms with E-state index >= 15 is 0 Å². The maximum absolute atomic E-state index is 12.9. The van der Waals surface area contributed by atoms with Gasteiger partial charge in [-0.15, -0.1) is 0 Å². The van der Waals surface area contributed by atoms with Gasteiger partial charge in [0.1, 0.15) is 5.82 Å². The van der Waals surface area contributed by atoms with Gasteiger partial charge in [-0.1, -0.05) is 28.9 Å². The Labute approximate surface area is 112 Å². The van der Waals surface area contributed by atoms with Gasteiger partial charge in [-0.2, -0.15) is 13.2 Å². The molecule has 0 aromatic heterocycles. The highest BCUT2D eigenvalue weighted by atomic mass is 79.9. The molecule has 0 amide bonds. The molecule has 0 saturated carbocycles. The van der Waals surface area contributed by atoms with E-state index in [1.54, 1.807) is 6.92 Å². The minimum atomic E-state index is -4.21. The van der Waals surface area contributed by atoms with E-state index in [4.69, 9.17) is 0 Å². The number of halogens is 5. The molecular formula is C12H14BrF4N. The predicted octanol–water partition coefficient (Wildman–Crippen LogP) is 4.06. The third-order valence-corrected chi connectivity index (χ3v) is 3.19. The van der Waals surface area contributed by atoms with Gasteiger partial charge in [0.15, 0.2) is 0 Å². The van der Waals surface area contributed by atoms with Crippen LogP contribution in [0.2, 0.25) is 0 Å². The SMILES string of the molecule is CCNC(Cc1ccc(F)cc1Br)CC(F)(F)F. The second-order valence-electron chi connectivity index (χ2n) is 4.01. The van der Waals surface area contributed by atoms with Gasteiger partial charge in [0.25, 0.3) is 0 Å². The van der Waals surface area contributed by atoms with Crippen molar-refractivity contribution < 1.29 is 17.6 Å². The smallest absolute Gasteiger partial charge is 0.314 e. The molecule has 1 aromatic rings. The Hall–Kier alpha value is -0.620. The summed E-state index contributed by atoms with van der Waals surface area (Å²) in [6, 6.07) is 3.31. The molecule has 1 nitrogen and oxygen atoms in total. The lowest BCUT2D eigenvalue weighted by Gasteiger charge is -2.20. The van der Waals surface area contributed by atoms with Gasteiger partial charge < -0.3 is 5.32 Å². The van der Waals surface area contributed by atoms with Crippen LogP contribution in [0.1, 0.15) is 18.9 Å². The number of hydrogen-bond donors (Lipinski definition) is 1. The summed E-state index contributed by atoms with van der Waals surface area (Å²) < 4.78 is 50.5. The molecule has 102 valence electrons. The Morgan fingerprint density at radius 1 is 1.33 bits per heavy atom. The fourth-order valence-electron chi connectivity index (χ4n) is 1.74. The van der Waals surface area contributed by atoms with E-state index in [1.165, 1.54) is 18.2 Å². The fourth-order valence-corrected chi connectivity index (χ4v) is 2.25. The maximum atomic E-state index is 12.9. The number of likely N-dealkylation sites (N-methyl/N-ethyl adjacent to an activating group) is 1. The molecule has 0 aliphatic rings. The first-order valence-electron chi connectivity index (χ1n) is 5.56. The van der Waals surface area contributed by atoms with Crippen LogP contribution in [0.5, 0.6) is 0 Å². The van der Waals surface area contributed by atoms with E-state index in [0.717, 1.165) is 0 Å². The Bertz CT molecular complexity index is 392. The Morgan fingerprint density at radius 2 is 2.00 bits per heavy atom. The quantitative estimate of drug-likeness (QED) is 0.804. The van der Waals surface area contributed by atoms with Crippen molar-refractivity contribution in [1.82, 2.24) is 5.32 Å². The van der Waals surface area contributed by atoms with Gasteiger partial charge in [0.05, 0.1) is 6.42 Å². The summed E-state index contributed by atoms with van der Waals surface area (Å²) in [7, 11) is 0. The van der Waals surface area contributed by atoms with Crippen LogP contribution < -0.4 is 5.32 Å². The van der Waals surface area contributed by atoms with Gasteiger partial charge in [0, 0.05) is 10.5 Å². The molecule has 0 saturated heterocycles. The van der Waals surface area contributed by atoms with E-state index in [2.05, 4.69) is 21.2 Å². The fraction of sp³-hybridized carbons (Fsp3) is 0.500. The summed E-state index contributed by atoms with van der Waals surface area (Å²) in [6.45, 7) is 2.21. The molecule has 1 aromatic carbocycles. The molecule has 1 rings (SSSR count). The molecule has 1 unspecified atom stereocenters. The minimum Gasteiger partial charge on any atom is -0.314 e. The van der Waals surface area contributed by atoms with E-state index < -0.39 is 24.5 Å². The molecule has 1 atom stereocenters. The zero-order valence-corrected chi connectivity index (χ0v) is 11.4. The number of rotatable bonds is 5. The summed E-state index contributed by atoms with van der Waals surface area (Å²) in [6.07, 6.45) is -4.90. The third-order valence-electron chi connectivity index (χ3n) is 2.45. The number of hydrogen-bond acceptors (Lipinski definition) is 1. The Balaban J connectivity index is 2.76. The monoisotopic (exact) mass is 327 g/mol. The first kappa shape index (κ1) is 15.4. The Morgan fingerprint density at radius 3 is 2.50 bits per heavy atom. The van der Waals surface area contributed by atoms with Crippen molar-refractivity contribution in [2.24, 2.45) is 0 Å². The van der Waals surface area contributed by atoms with Crippen LogP contribution in [-0.4, -0.2) is 18.8 Å². The third kappa shape index (κ3) is 5.35. The van der Waals surface area contributed by atoms with Crippen molar-refractivity contribution in [3.8, 4) is 0 Å². The largest absolute Gasteiger partial charge is 0.390 e. The Kier molecular flexibility index (Phi) is 5.59. The molecule has 0 spiro atoms. The lowest BCUT2D eigenvalue weighted by Crippen LogP contribution is -2.35. The molecule has 18 heavy (non-hydrogen) atoms. The number of alkyl halides is 3. The van der Waals surface area contributed by atoms with Crippen LogP contribution in [0.3, 0.4) is 0 Å². The molecule has 0 fully saturated rings. The van der Waals surface area contributed by atoms with Crippen molar-refractivity contribution in [3.63, 3.8) is 0 Å². The summed E-state index contributed by atoms with van der Waals surface area (Å²) in [5.74, 6) is -0.415.